The van der Waals surface area contributed by atoms with Crippen LogP contribution in [-0.4, -0.2) is 15.6 Å². The fourth-order valence-electron chi connectivity index (χ4n) is 1.27. The molecule has 0 saturated carbocycles. The zero-order chi connectivity index (χ0) is 9.68. The van der Waals surface area contributed by atoms with Crippen LogP contribution in [-0.2, 0) is 11.3 Å². The van der Waals surface area contributed by atoms with Gasteiger partial charge in [0.15, 0.2) is 0 Å². The second kappa shape index (κ2) is 4.70. The van der Waals surface area contributed by atoms with Gasteiger partial charge in [0, 0.05) is 25.4 Å². The quantitative estimate of drug-likeness (QED) is 0.706. The summed E-state index contributed by atoms with van der Waals surface area (Å²) < 4.78 is 2.09. The van der Waals surface area contributed by atoms with Gasteiger partial charge < -0.3 is 9.67 Å². The van der Waals surface area contributed by atoms with Gasteiger partial charge in [-0.2, -0.15) is 0 Å². The lowest BCUT2D eigenvalue weighted by atomic mass is 10.2. The van der Waals surface area contributed by atoms with E-state index in [1.165, 1.54) is 5.56 Å². The van der Waals surface area contributed by atoms with Crippen LogP contribution >= 0.6 is 0 Å². The normalized spacial score (nSPS) is 10.2. The summed E-state index contributed by atoms with van der Waals surface area (Å²) in [5, 5.41) is 8.41. The average molecular weight is 181 g/mol. The van der Waals surface area contributed by atoms with Crippen molar-refractivity contribution in [3.63, 3.8) is 0 Å². The fraction of sp³-hybridized carbons (Fsp3) is 0.500. The maximum Gasteiger partial charge on any atom is 0.303 e. The smallest absolute Gasteiger partial charge is 0.303 e. The molecule has 0 aliphatic heterocycles. The van der Waals surface area contributed by atoms with Crippen LogP contribution in [0.4, 0.5) is 0 Å². The molecule has 3 heteroatoms. The van der Waals surface area contributed by atoms with Gasteiger partial charge in [-0.1, -0.05) is 0 Å². The lowest BCUT2D eigenvalue weighted by molar-refractivity contribution is -0.137. The summed E-state index contributed by atoms with van der Waals surface area (Å²) >= 11 is 0. The third-order valence-corrected chi connectivity index (χ3v) is 1.96. The van der Waals surface area contributed by atoms with E-state index in [-0.39, 0.29) is 6.42 Å². The van der Waals surface area contributed by atoms with Gasteiger partial charge in [-0.3, -0.25) is 4.79 Å². The number of unbranched alkanes of at least 4 members (excludes halogenated alkanes) is 1. The van der Waals surface area contributed by atoms with Gasteiger partial charge >= 0.3 is 5.97 Å². The van der Waals surface area contributed by atoms with E-state index in [4.69, 9.17) is 5.11 Å². The monoisotopic (exact) mass is 181 g/mol. The predicted molar refractivity (Wildman–Crippen MR) is 50.7 cm³/mol. The van der Waals surface area contributed by atoms with Crippen molar-refractivity contribution in [3.8, 4) is 0 Å². The molecule has 0 unspecified atom stereocenters. The number of hydrogen-bond acceptors (Lipinski definition) is 1. The van der Waals surface area contributed by atoms with E-state index in [1.54, 1.807) is 0 Å². The largest absolute Gasteiger partial charge is 0.481 e. The molecule has 0 amide bonds. The molecule has 0 spiro atoms. The number of hydrogen-bond donors (Lipinski definition) is 1. The highest BCUT2D eigenvalue weighted by molar-refractivity contribution is 5.66. The second-order valence-corrected chi connectivity index (χ2v) is 3.28. The Morgan fingerprint density at radius 1 is 1.54 bits per heavy atom. The summed E-state index contributed by atoms with van der Waals surface area (Å²) in [5.74, 6) is -0.705. The van der Waals surface area contributed by atoms with E-state index in [2.05, 4.69) is 16.8 Å². The van der Waals surface area contributed by atoms with Crippen molar-refractivity contribution >= 4 is 5.97 Å². The van der Waals surface area contributed by atoms with Crippen molar-refractivity contribution in [2.75, 3.05) is 0 Å². The van der Waals surface area contributed by atoms with Crippen LogP contribution < -0.4 is 0 Å². The number of carbonyl (C=O) groups is 1. The molecule has 1 aromatic heterocycles. The third-order valence-electron chi connectivity index (χ3n) is 1.96. The number of nitrogens with zero attached hydrogens (tertiary/aromatic N) is 1. The lowest BCUT2D eigenvalue weighted by Crippen LogP contribution is -1.98. The van der Waals surface area contributed by atoms with Crippen LogP contribution in [0.3, 0.4) is 0 Å². The molecule has 1 N–H and O–H groups in total. The van der Waals surface area contributed by atoms with E-state index in [0.717, 1.165) is 19.4 Å². The van der Waals surface area contributed by atoms with Crippen LogP contribution in [0.1, 0.15) is 24.8 Å². The molecule has 72 valence electrons. The molecule has 0 radical (unpaired) electrons. The first kappa shape index (κ1) is 9.84. The lowest BCUT2D eigenvalue weighted by Gasteiger charge is -2.00. The summed E-state index contributed by atoms with van der Waals surface area (Å²) in [7, 11) is 0. The van der Waals surface area contributed by atoms with Crippen LogP contribution in [0.15, 0.2) is 18.5 Å². The number of aryl methyl sites for hydroxylation is 2. The van der Waals surface area contributed by atoms with Gasteiger partial charge in [0.05, 0.1) is 0 Å². The minimum absolute atomic E-state index is 0.278. The molecule has 3 nitrogen and oxygen atoms in total. The first-order chi connectivity index (χ1) is 6.18. The van der Waals surface area contributed by atoms with Gasteiger partial charge in [-0.05, 0) is 31.4 Å². The molecular formula is C10H15NO2. The van der Waals surface area contributed by atoms with Crippen molar-refractivity contribution in [3.05, 3.63) is 24.0 Å². The van der Waals surface area contributed by atoms with Crippen LogP contribution in [0.25, 0.3) is 0 Å². The van der Waals surface area contributed by atoms with E-state index < -0.39 is 5.97 Å². The first-order valence-corrected chi connectivity index (χ1v) is 4.52. The van der Waals surface area contributed by atoms with E-state index >= 15 is 0 Å². The summed E-state index contributed by atoms with van der Waals surface area (Å²) in [6.45, 7) is 2.97. The zero-order valence-corrected chi connectivity index (χ0v) is 7.86. The molecule has 0 saturated heterocycles. The standard InChI is InChI=1S/C10H15NO2/c1-9-5-7-11(8-9)6-3-2-4-10(12)13/h5,7-8H,2-4,6H2,1H3,(H,12,13). The van der Waals surface area contributed by atoms with Crippen molar-refractivity contribution in [1.82, 2.24) is 4.57 Å². The average Bonchev–Trinajstić information content (AvgIpc) is 2.45. The molecule has 13 heavy (non-hydrogen) atoms. The zero-order valence-electron chi connectivity index (χ0n) is 7.86. The molecule has 0 aromatic carbocycles. The number of rotatable bonds is 5. The van der Waals surface area contributed by atoms with Gasteiger partial charge in [-0.15, -0.1) is 0 Å². The Bertz CT molecular complexity index is 278. The third kappa shape index (κ3) is 3.78. The van der Waals surface area contributed by atoms with Crippen LogP contribution in [0.2, 0.25) is 0 Å². The van der Waals surface area contributed by atoms with Crippen molar-refractivity contribution in [1.29, 1.82) is 0 Å². The Kier molecular flexibility index (Phi) is 3.55. The van der Waals surface area contributed by atoms with Crippen LogP contribution in [0.5, 0.6) is 0 Å². The molecule has 0 aliphatic rings. The molecule has 0 fully saturated rings. The maximum atomic E-state index is 10.2. The van der Waals surface area contributed by atoms with E-state index in [1.807, 2.05) is 13.1 Å². The topological polar surface area (TPSA) is 42.2 Å². The number of aliphatic carboxylic acids is 1. The van der Waals surface area contributed by atoms with Gasteiger partial charge in [0.2, 0.25) is 0 Å². The molecular weight excluding hydrogens is 166 g/mol. The molecule has 1 heterocycles. The highest BCUT2D eigenvalue weighted by Crippen LogP contribution is 2.02. The van der Waals surface area contributed by atoms with Gasteiger partial charge in [0.25, 0.3) is 0 Å². The van der Waals surface area contributed by atoms with E-state index in [0.29, 0.717) is 0 Å². The summed E-state index contributed by atoms with van der Waals surface area (Å²) in [5.41, 5.74) is 1.25. The Morgan fingerprint density at radius 3 is 2.85 bits per heavy atom. The Labute approximate surface area is 78.0 Å². The van der Waals surface area contributed by atoms with Crippen molar-refractivity contribution < 1.29 is 9.90 Å². The Hall–Kier alpha value is -1.25. The molecule has 1 rings (SSSR count). The van der Waals surface area contributed by atoms with Crippen LogP contribution in [0, 0.1) is 6.92 Å². The fourth-order valence-corrected chi connectivity index (χ4v) is 1.27. The number of carboxylic acids is 1. The summed E-state index contributed by atoms with van der Waals surface area (Å²) in [6.07, 6.45) is 6.06. The number of carboxylic acid groups (broad SMARTS) is 1. The Morgan fingerprint density at radius 2 is 2.31 bits per heavy atom. The Balaban J connectivity index is 2.16. The minimum Gasteiger partial charge on any atom is -0.481 e. The van der Waals surface area contributed by atoms with E-state index in [9.17, 15) is 4.79 Å². The molecule has 0 atom stereocenters. The SMILES string of the molecule is Cc1ccn(CCCCC(=O)O)c1. The highest BCUT2D eigenvalue weighted by Gasteiger charge is 1.96. The summed E-state index contributed by atoms with van der Waals surface area (Å²) in [4.78, 5) is 10.2. The molecule has 0 bridgehead atoms. The minimum atomic E-state index is -0.705. The maximum absolute atomic E-state index is 10.2. The van der Waals surface area contributed by atoms with Crippen molar-refractivity contribution in [2.24, 2.45) is 0 Å². The second-order valence-electron chi connectivity index (χ2n) is 3.28. The summed E-state index contributed by atoms with van der Waals surface area (Å²) in [6, 6.07) is 2.05. The molecule has 1 aromatic rings. The highest BCUT2D eigenvalue weighted by atomic mass is 16.4. The van der Waals surface area contributed by atoms with Gasteiger partial charge in [0.1, 0.15) is 0 Å². The molecule has 0 aliphatic carbocycles. The van der Waals surface area contributed by atoms with Gasteiger partial charge in [-0.25, -0.2) is 0 Å². The predicted octanol–water partition coefficient (Wildman–Crippen LogP) is 2.05. The number of aromatic nitrogens is 1. The first-order valence-electron chi connectivity index (χ1n) is 4.52. The van der Waals surface area contributed by atoms with Crippen molar-refractivity contribution in [2.45, 2.75) is 32.7 Å².